The summed E-state index contributed by atoms with van der Waals surface area (Å²) in [6.45, 7) is 2.25. The van der Waals surface area contributed by atoms with E-state index in [0.717, 1.165) is 53.4 Å². The van der Waals surface area contributed by atoms with Gasteiger partial charge in [0.25, 0.3) is 5.91 Å². The highest BCUT2D eigenvalue weighted by atomic mass is 32.1. The Kier molecular flexibility index (Phi) is 4.05. The molecule has 2 aromatic heterocycles. The van der Waals surface area contributed by atoms with E-state index in [9.17, 15) is 4.79 Å². The van der Waals surface area contributed by atoms with Crippen molar-refractivity contribution in [3.05, 3.63) is 45.4 Å². The molecular formula is C17H19N5OS. The first-order valence-corrected chi connectivity index (χ1v) is 8.87. The Hall–Kier alpha value is -2.22. The zero-order chi connectivity index (χ0) is 16.5. The molecule has 0 saturated carbocycles. The van der Waals surface area contributed by atoms with Crippen LogP contribution in [0.15, 0.2) is 24.3 Å². The minimum absolute atomic E-state index is 0.0639. The van der Waals surface area contributed by atoms with E-state index in [1.807, 2.05) is 24.3 Å². The van der Waals surface area contributed by atoms with E-state index in [2.05, 4.69) is 20.6 Å². The van der Waals surface area contributed by atoms with Gasteiger partial charge in [-0.05, 0) is 49.2 Å². The third-order valence-electron chi connectivity index (χ3n) is 4.18. The number of nitrogens with two attached hydrogens (primary N) is 1. The monoisotopic (exact) mass is 341 g/mol. The largest absolute Gasteiger partial charge is 0.341 e. The van der Waals surface area contributed by atoms with E-state index >= 15 is 0 Å². The van der Waals surface area contributed by atoms with Crippen LogP contribution in [0.3, 0.4) is 0 Å². The molecule has 0 saturated heterocycles. The molecule has 0 fully saturated rings. The predicted octanol–water partition coefficient (Wildman–Crippen LogP) is 2.37. The summed E-state index contributed by atoms with van der Waals surface area (Å²) in [4.78, 5) is 22.1. The maximum Gasteiger partial charge on any atom is 0.265 e. The number of imidazole rings is 1. The number of benzene rings is 1. The third-order valence-corrected chi connectivity index (χ3v) is 5.41. The second-order valence-electron chi connectivity index (χ2n) is 5.91. The number of fused-ring (bicyclic) bond motifs is 2. The van der Waals surface area contributed by atoms with Crippen molar-refractivity contribution in [1.29, 1.82) is 0 Å². The third kappa shape index (κ3) is 2.93. The van der Waals surface area contributed by atoms with Crippen molar-refractivity contribution in [2.24, 2.45) is 5.73 Å². The summed E-state index contributed by atoms with van der Waals surface area (Å²) in [5, 5.41) is 6.36. The van der Waals surface area contributed by atoms with E-state index in [-0.39, 0.29) is 5.91 Å². The number of aromatic nitrogens is 2. The van der Waals surface area contributed by atoms with Crippen molar-refractivity contribution in [1.82, 2.24) is 15.3 Å². The first kappa shape index (κ1) is 15.3. The number of H-pyrrole nitrogens is 1. The van der Waals surface area contributed by atoms with Crippen LogP contribution in [0.4, 0.5) is 5.69 Å². The van der Waals surface area contributed by atoms with Crippen LogP contribution in [0.25, 0.3) is 11.0 Å². The highest BCUT2D eigenvalue weighted by Gasteiger charge is 2.16. The normalized spacial score (nSPS) is 14.4. The highest BCUT2D eigenvalue weighted by Crippen LogP contribution is 2.26. The zero-order valence-electron chi connectivity index (χ0n) is 13.2. The molecule has 1 aromatic carbocycles. The molecule has 0 radical (unpaired) electrons. The molecule has 6 nitrogen and oxygen atoms in total. The average Bonchev–Trinajstić information content (AvgIpc) is 3.12. The molecule has 0 spiro atoms. The summed E-state index contributed by atoms with van der Waals surface area (Å²) in [6.07, 6.45) is 2.16. The van der Waals surface area contributed by atoms with E-state index in [4.69, 9.17) is 5.73 Å². The Morgan fingerprint density at radius 1 is 1.38 bits per heavy atom. The Bertz CT molecular complexity index is 874. The van der Waals surface area contributed by atoms with Gasteiger partial charge in [0.2, 0.25) is 0 Å². The van der Waals surface area contributed by atoms with E-state index in [1.165, 1.54) is 10.4 Å². The number of nitrogens with zero attached hydrogens (tertiary/aromatic N) is 1. The van der Waals surface area contributed by atoms with Gasteiger partial charge in [0, 0.05) is 17.1 Å². The second kappa shape index (κ2) is 6.35. The number of carbonyl (C=O) groups excluding carboxylic acids is 1. The SMILES string of the molecule is NCc1nc2ccc(NC(=O)c3cc4c(s3)CCCNC4)cc2[nH]1. The summed E-state index contributed by atoms with van der Waals surface area (Å²) in [5.41, 5.74) is 9.32. The molecule has 0 unspecified atom stereocenters. The number of aromatic amines is 1. The molecule has 124 valence electrons. The van der Waals surface area contributed by atoms with Crippen LogP contribution in [0, 0.1) is 0 Å². The second-order valence-corrected chi connectivity index (χ2v) is 7.05. The van der Waals surface area contributed by atoms with Crippen molar-refractivity contribution in [3.8, 4) is 0 Å². The number of carbonyl (C=O) groups is 1. The number of hydrogen-bond donors (Lipinski definition) is 4. The molecule has 0 atom stereocenters. The highest BCUT2D eigenvalue weighted by molar-refractivity contribution is 7.14. The van der Waals surface area contributed by atoms with Crippen LogP contribution in [-0.4, -0.2) is 22.4 Å². The van der Waals surface area contributed by atoms with Gasteiger partial charge < -0.3 is 21.4 Å². The van der Waals surface area contributed by atoms with E-state index in [1.54, 1.807) is 11.3 Å². The van der Waals surface area contributed by atoms with Crippen LogP contribution in [0.2, 0.25) is 0 Å². The number of anilines is 1. The quantitative estimate of drug-likeness (QED) is 0.588. The number of nitrogens with one attached hydrogen (secondary N) is 3. The lowest BCUT2D eigenvalue weighted by Gasteiger charge is -2.03. The molecule has 24 heavy (non-hydrogen) atoms. The molecular weight excluding hydrogens is 322 g/mol. The fourth-order valence-corrected chi connectivity index (χ4v) is 4.09. The van der Waals surface area contributed by atoms with E-state index in [0.29, 0.717) is 6.54 Å². The lowest BCUT2D eigenvalue weighted by Crippen LogP contribution is -2.12. The minimum Gasteiger partial charge on any atom is -0.341 e. The van der Waals surface area contributed by atoms with Crippen LogP contribution < -0.4 is 16.4 Å². The van der Waals surface area contributed by atoms with Crippen molar-refractivity contribution in [3.63, 3.8) is 0 Å². The summed E-state index contributed by atoms with van der Waals surface area (Å²) < 4.78 is 0. The average molecular weight is 341 g/mol. The van der Waals surface area contributed by atoms with Gasteiger partial charge in [0.15, 0.2) is 0 Å². The van der Waals surface area contributed by atoms with Gasteiger partial charge in [-0.3, -0.25) is 4.79 Å². The molecule has 0 aliphatic carbocycles. The van der Waals surface area contributed by atoms with Crippen LogP contribution in [0.5, 0.6) is 0 Å². The fraction of sp³-hybridized carbons (Fsp3) is 0.294. The number of rotatable bonds is 3. The Morgan fingerprint density at radius 2 is 2.29 bits per heavy atom. The topological polar surface area (TPSA) is 95.8 Å². The molecule has 0 bridgehead atoms. The van der Waals surface area contributed by atoms with E-state index < -0.39 is 0 Å². The molecule has 1 aliphatic heterocycles. The Morgan fingerprint density at radius 3 is 3.17 bits per heavy atom. The summed E-state index contributed by atoms with van der Waals surface area (Å²) in [7, 11) is 0. The Balaban J connectivity index is 1.55. The summed E-state index contributed by atoms with van der Waals surface area (Å²) in [5.74, 6) is 0.675. The standard InChI is InChI=1S/C17H19N5OS/c18-8-16-21-12-4-3-11(7-13(12)22-16)20-17(23)15-6-10-9-19-5-1-2-14(10)24-15/h3-4,6-7,19H,1-2,5,8-9,18H2,(H,20,23)(H,21,22). The van der Waals surface area contributed by atoms with Crippen LogP contribution in [0.1, 0.15) is 32.4 Å². The van der Waals surface area contributed by atoms with Gasteiger partial charge in [-0.1, -0.05) is 0 Å². The molecule has 5 N–H and O–H groups in total. The van der Waals surface area contributed by atoms with Crippen LogP contribution >= 0.6 is 11.3 Å². The molecule has 1 amide bonds. The van der Waals surface area contributed by atoms with Gasteiger partial charge in [0.05, 0.1) is 22.5 Å². The predicted molar refractivity (Wildman–Crippen MR) is 96.3 cm³/mol. The lowest BCUT2D eigenvalue weighted by atomic mass is 10.2. The van der Waals surface area contributed by atoms with Crippen molar-refractivity contribution in [2.75, 3.05) is 11.9 Å². The number of amides is 1. The molecule has 3 heterocycles. The van der Waals surface area contributed by atoms with Crippen molar-refractivity contribution < 1.29 is 4.79 Å². The molecule has 1 aliphatic rings. The smallest absolute Gasteiger partial charge is 0.265 e. The van der Waals surface area contributed by atoms with Gasteiger partial charge in [-0.15, -0.1) is 11.3 Å². The maximum absolute atomic E-state index is 12.5. The minimum atomic E-state index is -0.0639. The number of aryl methyl sites for hydroxylation is 1. The fourth-order valence-electron chi connectivity index (χ4n) is 2.97. The molecule has 4 rings (SSSR count). The van der Waals surface area contributed by atoms with Gasteiger partial charge in [-0.2, -0.15) is 0 Å². The molecule has 3 aromatic rings. The van der Waals surface area contributed by atoms with Gasteiger partial charge in [0.1, 0.15) is 5.82 Å². The van der Waals surface area contributed by atoms with Crippen molar-refractivity contribution >= 4 is 34.0 Å². The van der Waals surface area contributed by atoms with Crippen molar-refractivity contribution in [2.45, 2.75) is 25.9 Å². The Labute approximate surface area is 143 Å². The number of thiophene rings is 1. The first-order chi connectivity index (χ1) is 11.7. The lowest BCUT2D eigenvalue weighted by molar-refractivity contribution is 0.103. The maximum atomic E-state index is 12.5. The molecule has 7 heteroatoms. The number of hydrogen-bond acceptors (Lipinski definition) is 5. The first-order valence-electron chi connectivity index (χ1n) is 8.05. The van der Waals surface area contributed by atoms with Gasteiger partial charge in [-0.25, -0.2) is 4.98 Å². The summed E-state index contributed by atoms with van der Waals surface area (Å²) >= 11 is 1.60. The van der Waals surface area contributed by atoms with Crippen LogP contribution in [-0.2, 0) is 19.5 Å². The zero-order valence-corrected chi connectivity index (χ0v) is 14.0. The summed E-state index contributed by atoms with van der Waals surface area (Å²) in [6, 6.07) is 7.64. The van der Waals surface area contributed by atoms with Gasteiger partial charge >= 0.3 is 0 Å².